The molecular formula is C13H15ClF3NO3. The highest BCUT2D eigenvalue weighted by Gasteiger charge is 2.34. The van der Waals surface area contributed by atoms with Gasteiger partial charge >= 0.3 is 6.18 Å². The van der Waals surface area contributed by atoms with Gasteiger partial charge in [-0.05, 0) is 12.1 Å². The third-order valence-electron chi connectivity index (χ3n) is 2.65. The van der Waals surface area contributed by atoms with Gasteiger partial charge in [0.05, 0.1) is 19.8 Å². The fraction of sp³-hybridized carbons (Fsp3) is 0.462. The maximum atomic E-state index is 12.5. The lowest BCUT2D eigenvalue weighted by atomic mass is 10.1. The average molecular weight is 326 g/mol. The number of para-hydroxylation sites is 1. The molecule has 0 aliphatic carbocycles. The highest BCUT2D eigenvalue weighted by molar-refractivity contribution is 6.18. The number of hydrogen-bond donors (Lipinski definition) is 0. The number of amides is 1. The molecule has 0 saturated heterocycles. The minimum atomic E-state index is -4.51. The zero-order valence-electron chi connectivity index (χ0n) is 11.5. The van der Waals surface area contributed by atoms with Crippen molar-refractivity contribution in [2.24, 2.45) is 0 Å². The quantitative estimate of drug-likeness (QED) is 0.755. The summed E-state index contributed by atoms with van der Waals surface area (Å²) in [7, 11) is 2.68. The van der Waals surface area contributed by atoms with E-state index in [0.29, 0.717) is 4.90 Å². The molecular weight excluding hydrogens is 311 g/mol. The predicted octanol–water partition coefficient (Wildman–Crippen LogP) is 2.95. The Bertz CT molecular complexity index is 494. The molecule has 1 amide bonds. The van der Waals surface area contributed by atoms with Gasteiger partial charge in [0.25, 0.3) is 5.91 Å². The Morgan fingerprint density at radius 1 is 1.29 bits per heavy atom. The van der Waals surface area contributed by atoms with Crippen LogP contribution in [0.5, 0.6) is 11.5 Å². The molecule has 8 heteroatoms. The third-order valence-corrected chi connectivity index (χ3v) is 2.81. The second-order valence-corrected chi connectivity index (χ2v) is 4.45. The molecule has 0 N–H and O–H groups in total. The standard InChI is InChI=1S/C13H15ClF3NO3/c1-20-10-5-3-4-9(11(10)21-2)12(19)18(7-6-14)8-13(15,16)17/h3-5H,6-8H2,1-2H3. The van der Waals surface area contributed by atoms with Crippen molar-refractivity contribution in [1.29, 1.82) is 0 Å². The molecule has 21 heavy (non-hydrogen) atoms. The van der Waals surface area contributed by atoms with Crippen LogP contribution in [-0.4, -0.2) is 50.2 Å². The van der Waals surface area contributed by atoms with Crippen molar-refractivity contribution >= 4 is 17.5 Å². The van der Waals surface area contributed by atoms with Crippen molar-refractivity contribution < 1.29 is 27.4 Å². The minimum Gasteiger partial charge on any atom is -0.493 e. The van der Waals surface area contributed by atoms with Crippen molar-refractivity contribution in [3.05, 3.63) is 23.8 Å². The fourth-order valence-corrected chi connectivity index (χ4v) is 2.00. The molecule has 0 aliphatic rings. The Hall–Kier alpha value is -1.63. The van der Waals surface area contributed by atoms with E-state index < -0.39 is 18.6 Å². The van der Waals surface area contributed by atoms with E-state index in [1.807, 2.05) is 0 Å². The summed E-state index contributed by atoms with van der Waals surface area (Å²) in [6, 6.07) is 4.42. The second-order valence-electron chi connectivity index (χ2n) is 4.07. The molecule has 0 radical (unpaired) electrons. The van der Waals surface area contributed by atoms with Gasteiger partial charge in [0.15, 0.2) is 11.5 Å². The van der Waals surface area contributed by atoms with E-state index in [2.05, 4.69) is 0 Å². The van der Waals surface area contributed by atoms with Gasteiger partial charge in [0.1, 0.15) is 6.54 Å². The molecule has 0 spiro atoms. The number of benzene rings is 1. The maximum absolute atomic E-state index is 12.5. The topological polar surface area (TPSA) is 38.8 Å². The van der Waals surface area contributed by atoms with E-state index in [1.165, 1.54) is 26.4 Å². The molecule has 0 bridgehead atoms. The zero-order valence-corrected chi connectivity index (χ0v) is 12.3. The van der Waals surface area contributed by atoms with Crippen molar-refractivity contribution in [3.8, 4) is 11.5 Å². The third kappa shape index (κ3) is 4.70. The Morgan fingerprint density at radius 3 is 2.43 bits per heavy atom. The zero-order chi connectivity index (χ0) is 16.0. The number of hydrogen-bond acceptors (Lipinski definition) is 3. The molecule has 1 aromatic rings. The van der Waals surface area contributed by atoms with Crippen LogP contribution in [0.4, 0.5) is 13.2 Å². The van der Waals surface area contributed by atoms with Gasteiger partial charge in [-0.3, -0.25) is 4.79 Å². The first-order chi connectivity index (χ1) is 9.84. The smallest absolute Gasteiger partial charge is 0.406 e. The van der Waals surface area contributed by atoms with Gasteiger partial charge in [-0.1, -0.05) is 6.07 Å². The summed E-state index contributed by atoms with van der Waals surface area (Å²) in [5.41, 5.74) is -0.00813. The van der Waals surface area contributed by atoms with E-state index in [4.69, 9.17) is 21.1 Å². The van der Waals surface area contributed by atoms with Crippen LogP contribution in [0.2, 0.25) is 0 Å². The first-order valence-corrected chi connectivity index (χ1v) is 6.50. The van der Waals surface area contributed by atoms with Gasteiger partial charge in [-0.25, -0.2) is 0 Å². The Kier molecular flexibility index (Phi) is 6.14. The molecule has 0 heterocycles. The Balaban J connectivity index is 3.14. The van der Waals surface area contributed by atoms with Crippen molar-refractivity contribution in [1.82, 2.24) is 4.90 Å². The molecule has 1 aromatic carbocycles. The minimum absolute atomic E-state index is 0.00813. The van der Waals surface area contributed by atoms with Crippen LogP contribution in [0.15, 0.2) is 18.2 Å². The normalized spacial score (nSPS) is 11.1. The van der Waals surface area contributed by atoms with Crippen LogP contribution < -0.4 is 9.47 Å². The number of alkyl halides is 4. The summed E-state index contributed by atoms with van der Waals surface area (Å²) in [5.74, 6) is -0.565. The van der Waals surface area contributed by atoms with Crippen molar-refractivity contribution in [3.63, 3.8) is 0 Å². The number of halogens is 4. The van der Waals surface area contributed by atoms with Crippen LogP contribution in [0.3, 0.4) is 0 Å². The molecule has 0 unspecified atom stereocenters. The predicted molar refractivity (Wildman–Crippen MR) is 72.2 cm³/mol. The average Bonchev–Trinajstić information content (AvgIpc) is 2.43. The number of carbonyl (C=O) groups is 1. The van der Waals surface area contributed by atoms with Gasteiger partial charge in [-0.2, -0.15) is 13.2 Å². The largest absolute Gasteiger partial charge is 0.493 e. The number of methoxy groups -OCH3 is 2. The van der Waals surface area contributed by atoms with Crippen LogP contribution in [-0.2, 0) is 0 Å². The monoisotopic (exact) mass is 325 g/mol. The second kappa shape index (κ2) is 7.40. The van der Waals surface area contributed by atoms with Gasteiger partial charge in [0.2, 0.25) is 0 Å². The summed E-state index contributed by atoms with van der Waals surface area (Å²) in [6.07, 6.45) is -4.51. The molecule has 0 fully saturated rings. The highest BCUT2D eigenvalue weighted by atomic mass is 35.5. The molecule has 118 valence electrons. The summed E-state index contributed by atoms with van der Waals surface area (Å²) >= 11 is 5.47. The summed E-state index contributed by atoms with van der Waals surface area (Å²) in [6.45, 7) is -1.60. The molecule has 0 atom stereocenters. The number of rotatable bonds is 6. The van der Waals surface area contributed by atoms with E-state index in [9.17, 15) is 18.0 Å². The molecule has 0 aliphatic heterocycles. The van der Waals surface area contributed by atoms with E-state index in [-0.39, 0.29) is 29.5 Å². The molecule has 0 saturated carbocycles. The maximum Gasteiger partial charge on any atom is 0.406 e. The number of nitrogens with zero attached hydrogens (tertiary/aromatic N) is 1. The first kappa shape index (κ1) is 17.4. The lowest BCUT2D eigenvalue weighted by Gasteiger charge is -2.24. The molecule has 0 aromatic heterocycles. The van der Waals surface area contributed by atoms with E-state index >= 15 is 0 Å². The lowest BCUT2D eigenvalue weighted by Crippen LogP contribution is -2.40. The van der Waals surface area contributed by atoms with Crippen molar-refractivity contribution in [2.75, 3.05) is 33.2 Å². The van der Waals surface area contributed by atoms with Gasteiger partial charge < -0.3 is 14.4 Å². The summed E-state index contributed by atoms with van der Waals surface area (Å²) in [5, 5.41) is 0. The fourth-order valence-electron chi connectivity index (χ4n) is 1.80. The highest BCUT2D eigenvalue weighted by Crippen LogP contribution is 2.32. The lowest BCUT2D eigenvalue weighted by molar-refractivity contribution is -0.140. The van der Waals surface area contributed by atoms with E-state index in [1.54, 1.807) is 6.07 Å². The van der Waals surface area contributed by atoms with Crippen LogP contribution >= 0.6 is 11.6 Å². The van der Waals surface area contributed by atoms with Gasteiger partial charge in [0, 0.05) is 12.4 Å². The van der Waals surface area contributed by atoms with Crippen molar-refractivity contribution in [2.45, 2.75) is 6.18 Å². The summed E-state index contributed by atoms with van der Waals surface area (Å²) in [4.78, 5) is 12.9. The number of carbonyl (C=O) groups excluding carboxylic acids is 1. The first-order valence-electron chi connectivity index (χ1n) is 5.97. The SMILES string of the molecule is COc1cccc(C(=O)N(CCCl)CC(F)(F)F)c1OC. The molecule has 4 nitrogen and oxygen atoms in total. The summed E-state index contributed by atoms with van der Waals surface area (Å²) < 4.78 is 47.7. The number of ether oxygens (including phenoxy) is 2. The van der Waals surface area contributed by atoms with E-state index in [0.717, 1.165) is 0 Å². The molecule has 1 rings (SSSR count). The van der Waals surface area contributed by atoms with Crippen LogP contribution in [0.25, 0.3) is 0 Å². The van der Waals surface area contributed by atoms with Crippen LogP contribution in [0, 0.1) is 0 Å². The Labute approximate surface area is 125 Å². The van der Waals surface area contributed by atoms with Crippen LogP contribution in [0.1, 0.15) is 10.4 Å². The van der Waals surface area contributed by atoms with Gasteiger partial charge in [-0.15, -0.1) is 11.6 Å². The Morgan fingerprint density at radius 2 is 1.95 bits per heavy atom.